The van der Waals surface area contributed by atoms with E-state index in [4.69, 9.17) is 0 Å². The molecule has 0 heterocycles. The summed E-state index contributed by atoms with van der Waals surface area (Å²) in [6, 6.07) is 16.8. The van der Waals surface area contributed by atoms with Gasteiger partial charge in [0.1, 0.15) is 4.90 Å². The Labute approximate surface area is 166 Å². The summed E-state index contributed by atoms with van der Waals surface area (Å²) in [5, 5.41) is 3.56. The van der Waals surface area contributed by atoms with Crippen molar-refractivity contribution in [3.05, 3.63) is 67.4 Å². The Morgan fingerprint density at radius 2 is 1.52 bits per heavy atom. The fraction of sp³-hybridized carbons (Fsp3) is 0. The number of fused-ring (bicyclic) bond motifs is 2. The van der Waals surface area contributed by atoms with Gasteiger partial charge in [-0.2, -0.15) is 8.42 Å². The summed E-state index contributed by atoms with van der Waals surface area (Å²) in [4.78, 5) is 0.153. The molecular formula is C16H13KO3S. The molecule has 0 N–H and O–H groups in total. The molecule has 21 heavy (non-hydrogen) atoms. The van der Waals surface area contributed by atoms with Crippen molar-refractivity contribution in [1.29, 1.82) is 0 Å². The van der Waals surface area contributed by atoms with Gasteiger partial charge in [-0.05, 0) is 34.4 Å². The molecule has 3 aromatic carbocycles. The van der Waals surface area contributed by atoms with Gasteiger partial charge in [0.25, 0.3) is 0 Å². The van der Waals surface area contributed by atoms with Crippen molar-refractivity contribution in [2.24, 2.45) is 0 Å². The van der Waals surface area contributed by atoms with Crippen LogP contribution in [0.5, 0.6) is 0 Å². The van der Waals surface area contributed by atoms with Crippen LogP contribution in [0, 0.1) is 0 Å². The minimum atomic E-state index is -3.82. The van der Waals surface area contributed by atoms with Crippen LogP contribution < -0.4 is 0 Å². The van der Waals surface area contributed by atoms with Crippen molar-refractivity contribution in [2.75, 3.05) is 0 Å². The zero-order valence-corrected chi connectivity index (χ0v) is 11.4. The molecule has 0 aromatic heterocycles. The minimum absolute atomic E-state index is 0. The zero-order valence-electron chi connectivity index (χ0n) is 10.6. The van der Waals surface area contributed by atoms with E-state index >= 15 is 0 Å². The van der Waals surface area contributed by atoms with Gasteiger partial charge in [-0.15, -0.1) is 0 Å². The van der Waals surface area contributed by atoms with Crippen LogP contribution in [-0.2, 0) is 14.3 Å². The van der Waals surface area contributed by atoms with Gasteiger partial charge in [0, 0.05) is 5.39 Å². The summed E-state index contributed by atoms with van der Waals surface area (Å²) in [6.45, 7) is 3.30. The summed E-state index contributed by atoms with van der Waals surface area (Å²) in [5.41, 5.74) is 0. The molecule has 3 aromatic rings. The summed E-state index contributed by atoms with van der Waals surface area (Å²) in [6.07, 6.45) is 0.926. The van der Waals surface area contributed by atoms with Crippen LogP contribution in [0.25, 0.3) is 21.5 Å². The van der Waals surface area contributed by atoms with Crippen LogP contribution in [0.2, 0.25) is 0 Å². The third kappa shape index (κ3) is 3.23. The van der Waals surface area contributed by atoms with E-state index in [2.05, 4.69) is 10.8 Å². The summed E-state index contributed by atoms with van der Waals surface area (Å²) < 4.78 is 28.8. The predicted molar refractivity (Wildman–Crippen MR) is 87.1 cm³/mol. The maximum atomic E-state index is 12.1. The van der Waals surface area contributed by atoms with E-state index in [0.29, 0.717) is 5.39 Å². The Bertz CT molecular complexity index is 917. The number of rotatable bonds is 3. The number of hydrogen-bond acceptors (Lipinski definition) is 3. The molecule has 3 nitrogen and oxygen atoms in total. The first kappa shape index (κ1) is 16.7. The Hall–Kier alpha value is -0.694. The molecule has 0 fully saturated rings. The number of benzene rings is 3. The van der Waals surface area contributed by atoms with Crippen molar-refractivity contribution >= 4 is 83.0 Å². The Balaban J connectivity index is 0.00000161. The molecule has 102 valence electrons. The molecule has 0 saturated carbocycles. The van der Waals surface area contributed by atoms with Crippen molar-refractivity contribution in [1.82, 2.24) is 0 Å². The fourth-order valence-corrected chi connectivity index (χ4v) is 3.27. The van der Waals surface area contributed by atoms with E-state index in [1.54, 1.807) is 6.07 Å². The van der Waals surface area contributed by atoms with Gasteiger partial charge < -0.3 is 4.18 Å². The van der Waals surface area contributed by atoms with Crippen LogP contribution in [0.3, 0.4) is 0 Å². The second-order valence-corrected chi connectivity index (χ2v) is 5.93. The molecular weight excluding hydrogens is 311 g/mol. The van der Waals surface area contributed by atoms with Crippen LogP contribution >= 0.6 is 0 Å². The van der Waals surface area contributed by atoms with Gasteiger partial charge in [0.2, 0.25) is 0 Å². The summed E-state index contributed by atoms with van der Waals surface area (Å²) in [7, 11) is -3.82. The van der Waals surface area contributed by atoms with Crippen LogP contribution in [-0.4, -0.2) is 59.8 Å². The van der Waals surface area contributed by atoms with E-state index < -0.39 is 10.1 Å². The van der Waals surface area contributed by atoms with Crippen molar-refractivity contribution in [2.45, 2.75) is 4.90 Å². The van der Waals surface area contributed by atoms with Gasteiger partial charge in [-0.3, -0.25) is 0 Å². The monoisotopic (exact) mass is 324 g/mol. The average molecular weight is 324 g/mol. The molecule has 0 aliphatic carbocycles. The molecule has 5 heteroatoms. The van der Waals surface area contributed by atoms with E-state index in [9.17, 15) is 8.42 Å². The molecule has 0 atom stereocenters. The molecule has 3 rings (SSSR count). The van der Waals surface area contributed by atoms with E-state index in [1.165, 1.54) is 6.07 Å². The Morgan fingerprint density at radius 1 is 0.905 bits per heavy atom. The van der Waals surface area contributed by atoms with Crippen molar-refractivity contribution in [3.63, 3.8) is 0 Å². The summed E-state index contributed by atoms with van der Waals surface area (Å²) >= 11 is 0. The molecule has 0 unspecified atom stereocenters. The maximum absolute atomic E-state index is 12.1. The molecule has 0 aliphatic heterocycles. The molecule has 0 spiro atoms. The van der Waals surface area contributed by atoms with Gasteiger partial charge in [-0.1, -0.05) is 43.0 Å². The average Bonchev–Trinajstić information content (AvgIpc) is 2.44. The number of hydrogen-bond donors (Lipinski definition) is 0. The normalized spacial score (nSPS) is 11.0. The first-order valence-corrected chi connectivity index (χ1v) is 7.48. The first-order chi connectivity index (χ1) is 9.62. The Kier molecular flexibility index (Phi) is 5.24. The standard InChI is InChI=1S/C16H12O3S.K.H/c1-2-19-20(17,18)16-9-5-8-14-10-12-6-3-4-7-13(12)11-15(14)16;;/h2-11H,1H2;;. The van der Waals surface area contributed by atoms with E-state index in [-0.39, 0.29) is 56.3 Å². The predicted octanol–water partition coefficient (Wildman–Crippen LogP) is 3.19. The van der Waals surface area contributed by atoms with Crippen LogP contribution in [0.15, 0.2) is 72.3 Å². The fourth-order valence-electron chi connectivity index (χ4n) is 2.30. The summed E-state index contributed by atoms with van der Waals surface area (Å²) in [5.74, 6) is 0. The molecule has 0 amide bonds. The third-order valence-electron chi connectivity index (χ3n) is 3.17. The van der Waals surface area contributed by atoms with E-state index in [1.807, 2.05) is 42.5 Å². The van der Waals surface area contributed by atoms with Crippen molar-refractivity contribution < 1.29 is 12.6 Å². The SMILES string of the molecule is C=COS(=O)(=O)c1cccc2cc3ccccc3cc12.[KH]. The second kappa shape index (κ2) is 6.60. The van der Waals surface area contributed by atoms with Gasteiger partial charge in [0.05, 0.1) is 6.26 Å². The zero-order chi connectivity index (χ0) is 14.2. The van der Waals surface area contributed by atoms with E-state index in [0.717, 1.165) is 22.4 Å². The second-order valence-electron chi connectivity index (χ2n) is 4.39. The molecule has 0 aliphatic rings. The van der Waals surface area contributed by atoms with Gasteiger partial charge >= 0.3 is 61.5 Å². The quantitative estimate of drug-likeness (QED) is 0.322. The third-order valence-corrected chi connectivity index (χ3v) is 4.45. The van der Waals surface area contributed by atoms with Crippen molar-refractivity contribution in [3.8, 4) is 0 Å². The molecule has 0 saturated heterocycles. The van der Waals surface area contributed by atoms with Gasteiger partial charge in [0.15, 0.2) is 0 Å². The van der Waals surface area contributed by atoms with Crippen LogP contribution in [0.4, 0.5) is 0 Å². The Morgan fingerprint density at radius 3 is 2.19 bits per heavy atom. The molecule has 0 radical (unpaired) electrons. The van der Waals surface area contributed by atoms with Crippen LogP contribution in [0.1, 0.15) is 0 Å². The molecule has 0 bridgehead atoms. The van der Waals surface area contributed by atoms with Gasteiger partial charge in [-0.25, -0.2) is 0 Å². The topological polar surface area (TPSA) is 43.4 Å². The first-order valence-electron chi connectivity index (χ1n) is 6.07.